The van der Waals surface area contributed by atoms with Gasteiger partial charge in [0.25, 0.3) is 0 Å². The Morgan fingerprint density at radius 2 is 2.05 bits per heavy atom. The van der Waals surface area contributed by atoms with Crippen molar-refractivity contribution in [3.8, 4) is 0 Å². The first-order valence-corrected chi connectivity index (χ1v) is 7.43. The van der Waals surface area contributed by atoms with Gasteiger partial charge in [0, 0.05) is 14.1 Å². The van der Waals surface area contributed by atoms with E-state index >= 15 is 0 Å². The minimum absolute atomic E-state index is 0.100. The molecule has 0 atom stereocenters. The monoisotopic (exact) mass is 309 g/mol. The zero-order valence-electron chi connectivity index (χ0n) is 12.5. The molecule has 0 spiro atoms. The summed E-state index contributed by atoms with van der Waals surface area (Å²) in [6.07, 6.45) is 0. The van der Waals surface area contributed by atoms with Crippen LogP contribution in [0.5, 0.6) is 0 Å². The van der Waals surface area contributed by atoms with Gasteiger partial charge in [0.1, 0.15) is 5.82 Å². The second-order valence-electron chi connectivity index (χ2n) is 4.67. The van der Waals surface area contributed by atoms with Gasteiger partial charge in [-0.1, -0.05) is 11.8 Å². The molecule has 2 rings (SSSR count). The van der Waals surface area contributed by atoms with Crippen molar-refractivity contribution in [2.75, 3.05) is 11.1 Å². The smallest absolute Gasteiger partial charge is 0.234 e. The van der Waals surface area contributed by atoms with Crippen molar-refractivity contribution in [1.82, 2.24) is 24.5 Å². The molecule has 2 aromatic heterocycles. The molecule has 0 aliphatic carbocycles. The standard InChI is InChI=1S/C12H19N7OS/c1-7-11(8(2)19(4)17-7)14-10(20)6-21-12-16-15-9(5-13)18(12)3/h5-6,13H2,1-4H3,(H,14,20). The first kappa shape index (κ1) is 15.5. The fourth-order valence-electron chi connectivity index (χ4n) is 1.91. The second kappa shape index (κ2) is 6.27. The van der Waals surface area contributed by atoms with E-state index in [0.29, 0.717) is 17.5 Å². The third-order valence-electron chi connectivity index (χ3n) is 3.21. The Hall–Kier alpha value is -1.87. The fourth-order valence-corrected chi connectivity index (χ4v) is 2.64. The molecule has 0 saturated heterocycles. The molecule has 1 amide bonds. The van der Waals surface area contributed by atoms with Gasteiger partial charge in [0.2, 0.25) is 5.91 Å². The van der Waals surface area contributed by atoms with Crippen molar-refractivity contribution in [3.63, 3.8) is 0 Å². The molecule has 2 aromatic rings. The van der Waals surface area contributed by atoms with Gasteiger partial charge in [-0.3, -0.25) is 9.48 Å². The normalized spacial score (nSPS) is 10.9. The number of rotatable bonds is 5. The number of nitrogens with zero attached hydrogens (tertiary/aromatic N) is 5. The van der Waals surface area contributed by atoms with Gasteiger partial charge >= 0.3 is 0 Å². The van der Waals surface area contributed by atoms with Gasteiger partial charge in [0.05, 0.1) is 29.4 Å². The quantitative estimate of drug-likeness (QED) is 0.773. The van der Waals surface area contributed by atoms with Gasteiger partial charge in [-0.15, -0.1) is 10.2 Å². The Kier molecular flexibility index (Phi) is 4.63. The SMILES string of the molecule is Cc1nn(C)c(C)c1NC(=O)CSc1nnc(CN)n1C. The molecule has 0 fully saturated rings. The number of carbonyl (C=O) groups is 1. The number of thioether (sulfide) groups is 1. The Balaban J connectivity index is 1.97. The van der Waals surface area contributed by atoms with Gasteiger partial charge < -0.3 is 15.6 Å². The zero-order valence-corrected chi connectivity index (χ0v) is 13.4. The van der Waals surface area contributed by atoms with Crippen LogP contribution in [0.2, 0.25) is 0 Å². The summed E-state index contributed by atoms with van der Waals surface area (Å²) in [5, 5.41) is 15.8. The number of aryl methyl sites for hydroxylation is 2. The van der Waals surface area contributed by atoms with Crippen LogP contribution in [0.15, 0.2) is 5.16 Å². The van der Waals surface area contributed by atoms with Crippen molar-refractivity contribution in [1.29, 1.82) is 0 Å². The van der Waals surface area contributed by atoms with Crippen molar-refractivity contribution in [2.45, 2.75) is 25.5 Å². The fraction of sp³-hybridized carbons (Fsp3) is 0.500. The molecule has 0 unspecified atom stereocenters. The number of nitrogens with two attached hydrogens (primary N) is 1. The summed E-state index contributed by atoms with van der Waals surface area (Å²) in [6, 6.07) is 0. The van der Waals surface area contributed by atoms with E-state index < -0.39 is 0 Å². The maximum atomic E-state index is 12.0. The maximum absolute atomic E-state index is 12.0. The molecule has 0 aliphatic heterocycles. The predicted molar refractivity (Wildman–Crippen MR) is 80.9 cm³/mol. The van der Waals surface area contributed by atoms with Crippen LogP contribution in [-0.2, 0) is 25.4 Å². The molecule has 0 radical (unpaired) electrons. The molecule has 0 bridgehead atoms. The van der Waals surface area contributed by atoms with E-state index in [0.717, 1.165) is 17.1 Å². The van der Waals surface area contributed by atoms with E-state index in [1.54, 1.807) is 9.25 Å². The number of aromatic nitrogens is 5. The van der Waals surface area contributed by atoms with E-state index in [4.69, 9.17) is 5.73 Å². The van der Waals surface area contributed by atoms with Gasteiger partial charge in [-0.25, -0.2) is 0 Å². The third kappa shape index (κ3) is 3.24. The molecule has 0 aliphatic rings. The lowest BCUT2D eigenvalue weighted by Gasteiger charge is -2.05. The highest BCUT2D eigenvalue weighted by molar-refractivity contribution is 7.99. The summed E-state index contributed by atoms with van der Waals surface area (Å²) in [5.74, 6) is 0.845. The van der Waals surface area contributed by atoms with Gasteiger partial charge in [-0.05, 0) is 13.8 Å². The van der Waals surface area contributed by atoms with Crippen molar-refractivity contribution in [2.24, 2.45) is 19.8 Å². The van der Waals surface area contributed by atoms with Crippen LogP contribution in [0.3, 0.4) is 0 Å². The van der Waals surface area contributed by atoms with Crippen molar-refractivity contribution in [3.05, 3.63) is 17.2 Å². The molecule has 3 N–H and O–H groups in total. The average Bonchev–Trinajstić information content (AvgIpc) is 2.91. The highest BCUT2D eigenvalue weighted by Crippen LogP contribution is 2.20. The zero-order chi connectivity index (χ0) is 15.6. The van der Waals surface area contributed by atoms with E-state index in [2.05, 4.69) is 20.6 Å². The van der Waals surface area contributed by atoms with Crippen molar-refractivity contribution < 1.29 is 4.79 Å². The summed E-state index contributed by atoms with van der Waals surface area (Å²) >= 11 is 1.32. The number of amides is 1. The average molecular weight is 309 g/mol. The highest BCUT2D eigenvalue weighted by atomic mass is 32.2. The minimum Gasteiger partial charge on any atom is -0.324 e. The Morgan fingerprint density at radius 1 is 1.33 bits per heavy atom. The van der Waals surface area contributed by atoms with Gasteiger partial charge in [0.15, 0.2) is 5.16 Å². The maximum Gasteiger partial charge on any atom is 0.234 e. The Labute approximate surface area is 127 Å². The number of anilines is 1. The molecular weight excluding hydrogens is 290 g/mol. The first-order chi connectivity index (χ1) is 9.93. The topological polar surface area (TPSA) is 104 Å². The lowest BCUT2D eigenvalue weighted by Crippen LogP contribution is -2.15. The second-order valence-corrected chi connectivity index (χ2v) is 5.61. The molecule has 21 heavy (non-hydrogen) atoms. The summed E-state index contributed by atoms with van der Waals surface area (Å²) < 4.78 is 3.53. The summed E-state index contributed by atoms with van der Waals surface area (Å²) in [6.45, 7) is 4.11. The molecular formula is C12H19N7OS. The highest BCUT2D eigenvalue weighted by Gasteiger charge is 2.14. The van der Waals surface area contributed by atoms with E-state index in [1.165, 1.54) is 11.8 Å². The first-order valence-electron chi connectivity index (χ1n) is 6.45. The summed E-state index contributed by atoms with van der Waals surface area (Å²) in [7, 11) is 3.68. The van der Waals surface area contributed by atoms with Crippen LogP contribution in [0.1, 0.15) is 17.2 Å². The van der Waals surface area contributed by atoms with Crippen LogP contribution >= 0.6 is 11.8 Å². The molecule has 114 valence electrons. The predicted octanol–water partition coefficient (Wildman–Crippen LogP) is 0.355. The molecule has 2 heterocycles. The number of nitrogens with one attached hydrogen (secondary N) is 1. The van der Waals surface area contributed by atoms with Crippen LogP contribution in [0.4, 0.5) is 5.69 Å². The van der Waals surface area contributed by atoms with Crippen LogP contribution in [0, 0.1) is 13.8 Å². The molecule has 8 nitrogen and oxygen atoms in total. The summed E-state index contributed by atoms with van der Waals surface area (Å²) in [5.41, 5.74) is 8.03. The van der Waals surface area contributed by atoms with Gasteiger partial charge in [-0.2, -0.15) is 5.10 Å². The van der Waals surface area contributed by atoms with E-state index in [1.807, 2.05) is 27.9 Å². The number of hydrogen-bond acceptors (Lipinski definition) is 6. The Bertz CT molecular complexity index is 661. The van der Waals surface area contributed by atoms with E-state index in [9.17, 15) is 4.79 Å². The Morgan fingerprint density at radius 3 is 2.57 bits per heavy atom. The largest absolute Gasteiger partial charge is 0.324 e. The molecule has 0 aromatic carbocycles. The minimum atomic E-state index is -0.100. The van der Waals surface area contributed by atoms with Crippen molar-refractivity contribution >= 4 is 23.4 Å². The third-order valence-corrected chi connectivity index (χ3v) is 4.23. The molecule has 0 saturated carbocycles. The van der Waals surface area contributed by atoms with Crippen LogP contribution < -0.4 is 11.1 Å². The van der Waals surface area contributed by atoms with E-state index in [-0.39, 0.29) is 11.7 Å². The molecule has 9 heteroatoms. The van der Waals surface area contributed by atoms with Crippen LogP contribution in [-0.4, -0.2) is 36.2 Å². The number of carbonyl (C=O) groups excluding carboxylic acids is 1. The lowest BCUT2D eigenvalue weighted by molar-refractivity contribution is -0.113. The lowest BCUT2D eigenvalue weighted by atomic mass is 10.3. The number of hydrogen-bond donors (Lipinski definition) is 2. The summed E-state index contributed by atoms with van der Waals surface area (Å²) in [4.78, 5) is 12.0. The van der Waals surface area contributed by atoms with Crippen LogP contribution in [0.25, 0.3) is 0 Å².